The molecule has 1 N–H and O–H groups in total. The van der Waals surface area contributed by atoms with Crippen LogP contribution in [-0.4, -0.2) is 40.7 Å². The van der Waals surface area contributed by atoms with Crippen LogP contribution in [0.1, 0.15) is 48.0 Å². The number of nitrogens with one attached hydrogen (secondary N) is 1. The molecule has 6 nitrogen and oxygen atoms in total. The molecule has 6 heteroatoms. The zero-order chi connectivity index (χ0) is 16.0. The molecule has 120 valence electrons. The second kappa shape index (κ2) is 8.00. The van der Waals surface area contributed by atoms with E-state index in [2.05, 4.69) is 52.9 Å². The van der Waals surface area contributed by atoms with E-state index < -0.39 is 0 Å². The highest BCUT2D eigenvalue weighted by atomic mass is 16.5. The molecule has 1 rings (SSSR count). The van der Waals surface area contributed by atoms with Gasteiger partial charge < -0.3 is 15.0 Å². The lowest BCUT2D eigenvalue weighted by molar-refractivity contribution is 0.222. The summed E-state index contributed by atoms with van der Waals surface area (Å²) in [6, 6.07) is 0.703. The minimum atomic E-state index is 0.0344. The summed E-state index contributed by atoms with van der Waals surface area (Å²) in [5, 5.41) is 3.20. The van der Waals surface area contributed by atoms with Crippen LogP contribution in [-0.2, 0) is 0 Å². The van der Waals surface area contributed by atoms with Gasteiger partial charge in [-0.1, -0.05) is 20.8 Å². The van der Waals surface area contributed by atoms with Crippen molar-refractivity contribution in [2.45, 2.75) is 60.1 Å². The Morgan fingerprint density at radius 1 is 1.10 bits per heavy atom. The smallest absolute Gasteiger partial charge is 0.323 e. The maximum absolute atomic E-state index is 5.64. The molecule has 1 aromatic rings. The van der Waals surface area contributed by atoms with Gasteiger partial charge in [0, 0.05) is 19.6 Å². The van der Waals surface area contributed by atoms with Gasteiger partial charge in [-0.2, -0.15) is 15.0 Å². The molecule has 0 amide bonds. The fraction of sp³-hybridized carbons (Fsp3) is 0.800. The monoisotopic (exact) mass is 295 g/mol. The van der Waals surface area contributed by atoms with Crippen molar-refractivity contribution in [1.82, 2.24) is 15.0 Å². The minimum absolute atomic E-state index is 0.0344. The SMILES string of the molecule is CCCNc1nc(OC(C)C)nc(N(C)C(C)C(C)C)n1. The molecule has 0 radical (unpaired) electrons. The lowest BCUT2D eigenvalue weighted by Crippen LogP contribution is -2.34. The topological polar surface area (TPSA) is 63.2 Å². The Morgan fingerprint density at radius 3 is 2.29 bits per heavy atom. The summed E-state index contributed by atoms with van der Waals surface area (Å²) in [6.45, 7) is 13.4. The molecule has 0 aliphatic heterocycles. The van der Waals surface area contributed by atoms with E-state index in [9.17, 15) is 0 Å². The van der Waals surface area contributed by atoms with Crippen molar-refractivity contribution in [2.75, 3.05) is 23.8 Å². The van der Waals surface area contributed by atoms with Crippen LogP contribution in [0.15, 0.2) is 0 Å². The molecule has 1 unspecified atom stereocenters. The van der Waals surface area contributed by atoms with Crippen LogP contribution in [0, 0.1) is 5.92 Å². The van der Waals surface area contributed by atoms with Crippen LogP contribution in [0.5, 0.6) is 6.01 Å². The van der Waals surface area contributed by atoms with Gasteiger partial charge in [-0.05, 0) is 33.1 Å². The van der Waals surface area contributed by atoms with Crippen molar-refractivity contribution >= 4 is 11.9 Å². The van der Waals surface area contributed by atoms with E-state index in [1.807, 2.05) is 20.9 Å². The van der Waals surface area contributed by atoms with E-state index in [0.717, 1.165) is 13.0 Å². The lowest BCUT2D eigenvalue weighted by Gasteiger charge is -2.28. The van der Waals surface area contributed by atoms with E-state index >= 15 is 0 Å². The van der Waals surface area contributed by atoms with Crippen LogP contribution >= 0.6 is 0 Å². The third-order valence-electron chi connectivity index (χ3n) is 3.37. The molecule has 0 spiro atoms. The van der Waals surface area contributed by atoms with Gasteiger partial charge in [0.05, 0.1) is 6.10 Å². The molecule has 0 aliphatic carbocycles. The van der Waals surface area contributed by atoms with Crippen LogP contribution in [0.3, 0.4) is 0 Å². The van der Waals surface area contributed by atoms with Gasteiger partial charge in [0.1, 0.15) is 0 Å². The van der Waals surface area contributed by atoms with Gasteiger partial charge in [0.25, 0.3) is 0 Å². The highest BCUT2D eigenvalue weighted by Gasteiger charge is 2.18. The van der Waals surface area contributed by atoms with Gasteiger partial charge >= 0.3 is 6.01 Å². The first-order valence-electron chi connectivity index (χ1n) is 7.74. The van der Waals surface area contributed by atoms with Crippen molar-refractivity contribution in [1.29, 1.82) is 0 Å². The van der Waals surface area contributed by atoms with Crippen LogP contribution < -0.4 is 15.0 Å². The van der Waals surface area contributed by atoms with Gasteiger partial charge in [0.15, 0.2) is 0 Å². The molecule has 0 saturated heterocycles. The maximum atomic E-state index is 5.64. The van der Waals surface area contributed by atoms with Crippen LogP contribution in [0.4, 0.5) is 11.9 Å². The van der Waals surface area contributed by atoms with E-state index in [1.54, 1.807) is 0 Å². The number of hydrogen-bond acceptors (Lipinski definition) is 6. The highest BCUT2D eigenvalue weighted by molar-refractivity contribution is 5.38. The van der Waals surface area contributed by atoms with Crippen molar-refractivity contribution in [2.24, 2.45) is 5.92 Å². The number of anilines is 2. The molecule has 0 fully saturated rings. The Hall–Kier alpha value is -1.59. The lowest BCUT2D eigenvalue weighted by atomic mass is 10.1. The summed E-state index contributed by atoms with van der Waals surface area (Å²) in [4.78, 5) is 15.3. The predicted octanol–water partition coefficient (Wildman–Crippen LogP) is 2.96. The largest absolute Gasteiger partial charge is 0.461 e. The number of rotatable bonds is 8. The normalized spacial score (nSPS) is 12.6. The molecule has 1 atom stereocenters. The summed E-state index contributed by atoms with van der Waals surface area (Å²) >= 11 is 0. The van der Waals surface area contributed by atoms with Crippen LogP contribution in [0.2, 0.25) is 0 Å². The number of aromatic nitrogens is 3. The average molecular weight is 295 g/mol. The summed E-state index contributed by atoms with van der Waals surface area (Å²) in [6.07, 6.45) is 1.05. The third kappa shape index (κ3) is 5.36. The van der Waals surface area contributed by atoms with E-state index in [0.29, 0.717) is 29.9 Å². The standard InChI is InChI=1S/C15H29N5O/c1-8-9-16-13-17-14(20(7)12(6)10(2)3)19-15(18-13)21-11(4)5/h10-12H,8-9H2,1-7H3,(H,16,17,18,19). The molecule has 0 saturated carbocycles. The second-order valence-electron chi connectivity index (χ2n) is 5.93. The summed E-state index contributed by atoms with van der Waals surface area (Å²) in [7, 11) is 2.00. The molecular formula is C15H29N5O. The van der Waals surface area contributed by atoms with E-state index in [1.165, 1.54) is 0 Å². The Morgan fingerprint density at radius 2 is 1.76 bits per heavy atom. The highest BCUT2D eigenvalue weighted by Crippen LogP contribution is 2.19. The molecule has 1 aromatic heterocycles. The molecular weight excluding hydrogens is 266 g/mol. The first kappa shape index (κ1) is 17.5. The molecule has 0 bridgehead atoms. The molecule has 1 heterocycles. The van der Waals surface area contributed by atoms with Crippen molar-refractivity contribution in [3.8, 4) is 6.01 Å². The van der Waals surface area contributed by atoms with Gasteiger partial charge in [-0.15, -0.1) is 0 Å². The van der Waals surface area contributed by atoms with E-state index in [4.69, 9.17) is 4.74 Å². The van der Waals surface area contributed by atoms with Gasteiger partial charge in [0.2, 0.25) is 11.9 Å². The van der Waals surface area contributed by atoms with Gasteiger partial charge in [-0.3, -0.25) is 0 Å². The summed E-state index contributed by atoms with van der Waals surface area (Å²) in [5.41, 5.74) is 0. The zero-order valence-corrected chi connectivity index (χ0v) is 14.3. The van der Waals surface area contributed by atoms with Crippen molar-refractivity contribution < 1.29 is 4.74 Å². The van der Waals surface area contributed by atoms with E-state index in [-0.39, 0.29) is 6.10 Å². The van der Waals surface area contributed by atoms with Crippen molar-refractivity contribution in [3.05, 3.63) is 0 Å². The Kier molecular flexibility index (Phi) is 6.65. The number of nitrogens with zero attached hydrogens (tertiary/aromatic N) is 4. The molecule has 0 aliphatic rings. The van der Waals surface area contributed by atoms with Crippen molar-refractivity contribution in [3.63, 3.8) is 0 Å². The average Bonchev–Trinajstić information content (AvgIpc) is 2.42. The fourth-order valence-corrected chi connectivity index (χ4v) is 1.71. The maximum Gasteiger partial charge on any atom is 0.323 e. The summed E-state index contributed by atoms with van der Waals surface area (Å²) < 4.78 is 5.64. The number of hydrogen-bond donors (Lipinski definition) is 1. The second-order valence-corrected chi connectivity index (χ2v) is 5.93. The quantitative estimate of drug-likeness (QED) is 0.795. The third-order valence-corrected chi connectivity index (χ3v) is 3.37. The van der Waals surface area contributed by atoms with Gasteiger partial charge in [-0.25, -0.2) is 0 Å². The number of ether oxygens (including phenoxy) is 1. The first-order chi connectivity index (χ1) is 9.85. The minimum Gasteiger partial charge on any atom is -0.461 e. The first-order valence-corrected chi connectivity index (χ1v) is 7.74. The zero-order valence-electron chi connectivity index (χ0n) is 14.3. The Labute approximate surface area is 128 Å². The molecule has 21 heavy (non-hydrogen) atoms. The molecule has 0 aromatic carbocycles. The Bertz CT molecular complexity index is 436. The summed E-state index contributed by atoms with van der Waals surface area (Å²) in [5.74, 6) is 1.72. The van der Waals surface area contributed by atoms with Crippen LogP contribution in [0.25, 0.3) is 0 Å². The predicted molar refractivity (Wildman–Crippen MR) is 87.1 cm³/mol. The Balaban J connectivity index is 3.05. The fourth-order valence-electron chi connectivity index (χ4n) is 1.71.